The van der Waals surface area contributed by atoms with Gasteiger partial charge in [0, 0.05) is 25.9 Å². The summed E-state index contributed by atoms with van der Waals surface area (Å²) in [6.45, 7) is 3.91. The van der Waals surface area contributed by atoms with Gasteiger partial charge in [-0.3, -0.25) is 57.7 Å². The Kier molecular flexibility index (Phi) is 13.1. The molecule has 2 aromatic carbocycles. The number of esters is 2. The molecule has 0 aliphatic carbocycles. The molecule has 0 saturated carbocycles. The molecule has 2 aromatic rings. The number of ketones is 2. The molecule has 4 rings (SSSR count). The number of piperazine rings is 2. The van der Waals surface area contributed by atoms with Crippen molar-refractivity contribution in [2.75, 3.05) is 26.2 Å². The minimum absolute atomic E-state index is 0.103. The Morgan fingerprint density at radius 2 is 0.833 bits per heavy atom. The van der Waals surface area contributed by atoms with Crippen molar-refractivity contribution in [2.24, 2.45) is 11.5 Å². The van der Waals surface area contributed by atoms with Crippen LogP contribution in [0.4, 0.5) is 0 Å². The number of Topliss-reactive ketones (excluding diaryl/α,β-unsaturated/α-hetero) is 2. The van der Waals surface area contributed by atoms with Crippen molar-refractivity contribution in [3.05, 3.63) is 59.7 Å². The SMILES string of the molecule is CC(=O)Oc1ccc(C[C@H](N)C(=O)C(=O)N2C(=O)CN([C@H](C)[C@H](C)N3CC(=O)N(C(=O)C(=O)[C@@H](N)Cc4ccc(OC(C)=O)cc4)C(=O)C3)CC2=O)cc1. The normalized spacial score (nSPS) is 17.7. The molecule has 286 valence electrons. The van der Waals surface area contributed by atoms with Crippen molar-refractivity contribution in [3.8, 4) is 11.5 Å². The number of amides is 6. The van der Waals surface area contributed by atoms with Crippen LogP contribution >= 0.6 is 0 Å². The largest absolute Gasteiger partial charge is 0.427 e. The van der Waals surface area contributed by atoms with E-state index in [0.29, 0.717) is 11.1 Å². The van der Waals surface area contributed by atoms with Crippen LogP contribution in [-0.4, -0.2) is 129 Å². The Bertz CT molecular complexity index is 1710. The lowest BCUT2D eigenvalue weighted by molar-refractivity contribution is -0.166. The summed E-state index contributed by atoms with van der Waals surface area (Å²) < 4.78 is 9.90. The number of imide groups is 6. The van der Waals surface area contributed by atoms with Gasteiger partial charge >= 0.3 is 23.8 Å². The van der Waals surface area contributed by atoms with Gasteiger partial charge in [-0.2, -0.15) is 0 Å². The molecule has 0 bridgehead atoms. The minimum atomic E-state index is -1.38. The number of benzene rings is 2. The fourth-order valence-electron chi connectivity index (χ4n) is 5.96. The molecule has 0 spiro atoms. The number of nitrogens with zero attached hydrogens (tertiary/aromatic N) is 4. The molecule has 2 heterocycles. The summed E-state index contributed by atoms with van der Waals surface area (Å²) in [4.78, 5) is 130. The van der Waals surface area contributed by atoms with Crippen LogP contribution in [0.25, 0.3) is 0 Å². The zero-order valence-electron chi connectivity index (χ0n) is 30.0. The highest BCUT2D eigenvalue weighted by Crippen LogP contribution is 2.20. The zero-order valence-corrected chi connectivity index (χ0v) is 30.0. The molecule has 2 fully saturated rings. The first-order chi connectivity index (χ1) is 25.4. The van der Waals surface area contributed by atoms with Crippen molar-refractivity contribution in [2.45, 2.75) is 64.7 Å². The Hall–Kier alpha value is -5.82. The monoisotopic (exact) mass is 748 g/mol. The van der Waals surface area contributed by atoms with Crippen LogP contribution in [0.15, 0.2) is 48.5 Å². The van der Waals surface area contributed by atoms with E-state index in [9.17, 15) is 47.9 Å². The van der Waals surface area contributed by atoms with Crippen molar-refractivity contribution < 1.29 is 57.4 Å². The fourth-order valence-corrected chi connectivity index (χ4v) is 5.96. The van der Waals surface area contributed by atoms with Crippen LogP contribution in [0.2, 0.25) is 0 Å². The van der Waals surface area contributed by atoms with E-state index in [4.69, 9.17) is 20.9 Å². The Morgan fingerprint density at radius 3 is 1.09 bits per heavy atom. The molecule has 0 aromatic heterocycles. The van der Waals surface area contributed by atoms with Gasteiger partial charge in [-0.25, -0.2) is 9.80 Å². The number of carbonyl (C=O) groups excluding carboxylic acids is 10. The summed E-state index contributed by atoms with van der Waals surface area (Å²) in [7, 11) is 0. The van der Waals surface area contributed by atoms with Gasteiger partial charge in [0.1, 0.15) is 11.5 Å². The first-order valence-corrected chi connectivity index (χ1v) is 16.8. The molecule has 18 heteroatoms. The van der Waals surface area contributed by atoms with E-state index in [1.54, 1.807) is 38.1 Å². The summed E-state index contributed by atoms with van der Waals surface area (Å²) in [6, 6.07) is 8.00. The third kappa shape index (κ3) is 9.78. The van der Waals surface area contributed by atoms with Crippen LogP contribution in [0.1, 0.15) is 38.8 Å². The Morgan fingerprint density at radius 1 is 0.556 bits per heavy atom. The fraction of sp³-hybridized carbons (Fsp3) is 0.389. The van der Waals surface area contributed by atoms with E-state index in [0.717, 1.165) is 0 Å². The molecular formula is C36H40N6O12. The summed E-state index contributed by atoms with van der Waals surface area (Å²) in [5.74, 6) is -9.47. The third-order valence-corrected chi connectivity index (χ3v) is 8.98. The molecule has 0 radical (unpaired) electrons. The van der Waals surface area contributed by atoms with E-state index in [2.05, 4.69) is 0 Å². The average molecular weight is 749 g/mol. The summed E-state index contributed by atoms with van der Waals surface area (Å²) >= 11 is 0. The van der Waals surface area contributed by atoms with Gasteiger partial charge in [-0.1, -0.05) is 24.3 Å². The molecule has 4 atom stereocenters. The van der Waals surface area contributed by atoms with E-state index in [1.807, 2.05) is 0 Å². The van der Waals surface area contributed by atoms with Gasteiger partial charge in [-0.05, 0) is 62.1 Å². The number of nitrogens with two attached hydrogens (primary N) is 2. The molecule has 2 saturated heterocycles. The number of rotatable bonds is 13. The first-order valence-electron chi connectivity index (χ1n) is 16.8. The van der Waals surface area contributed by atoms with Crippen LogP contribution < -0.4 is 20.9 Å². The smallest absolute Gasteiger partial charge is 0.308 e. The second-order valence-electron chi connectivity index (χ2n) is 13.0. The maximum Gasteiger partial charge on any atom is 0.308 e. The maximum absolute atomic E-state index is 13.1. The van der Waals surface area contributed by atoms with Crippen molar-refractivity contribution in [1.29, 1.82) is 0 Å². The number of carbonyl (C=O) groups is 10. The molecule has 18 nitrogen and oxygen atoms in total. The lowest BCUT2D eigenvalue weighted by atomic mass is 10.0. The highest BCUT2D eigenvalue weighted by molar-refractivity contribution is 6.44. The van der Waals surface area contributed by atoms with Crippen LogP contribution in [0.5, 0.6) is 11.5 Å². The second-order valence-corrected chi connectivity index (χ2v) is 13.0. The van der Waals surface area contributed by atoms with Crippen LogP contribution in [0, 0.1) is 0 Å². The van der Waals surface area contributed by atoms with Crippen LogP contribution in [-0.2, 0) is 60.8 Å². The summed E-state index contributed by atoms with van der Waals surface area (Å²) in [5, 5.41) is 0. The van der Waals surface area contributed by atoms with Gasteiger partial charge in [0.25, 0.3) is 23.6 Å². The predicted octanol–water partition coefficient (Wildman–Crippen LogP) is -1.71. The topological polar surface area (TPSA) is 254 Å². The highest BCUT2D eigenvalue weighted by atomic mass is 16.5. The summed E-state index contributed by atoms with van der Waals surface area (Å²) in [5.41, 5.74) is 13.0. The van der Waals surface area contributed by atoms with E-state index >= 15 is 0 Å². The van der Waals surface area contributed by atoms with E-state index in [1.165, 1.54) is 47.9 Å². The standard InChI is InChI=1S/C36H40N6O12/c1-19(39-15-29(45)41(30(46)16-39)35(51)33(49)27(37)13-23-5-9-25(10-6-23)53-21(3)43)20(2)40-17-31(47)42(32(48)18-40)36(52)34(50)28(38)14-24-7-11-26(12-8-24)54-22(4)44/h5-12,19-20,27-28H,13-18,37-38H2,1-4H3/t19-,20+,27-,28-/m0/s1. The highest BCUT2D eigenvalue weighted by Gasteiger charge is 2.45. The quantitative estimate of drug-likeness (QED) is 0.100. The zero-order chi connectivity index (χ0) is 40.0. The van der Waals surface area contributed by atoms with Crippen molar-refractivity contribution in [1.82, 2.24) is 19.6 Å². The van der Waals surface area contributed by atoms with E-state index < -0.39 is 109 Å². The van der Waals surface area contributed by atoms with Gasteiger partial charge < -0.3 is 20.9 Å². The summed E-state index contributed by atoms with van der Waals surface area (Å²) in [6.07, 6.45) is -0.207. The maximum atomic E-state index is 13.1. The lowest BCUT2D eigenvalue weighted by Crippen LogP contribution is -2.65. The Balaban J connectivity index is 1.31. The van der Waals surface area contributed by atoms with Gasteiger partial charge in [0.05, 0.1) is 38.3 Å². The average Bonchev–Trinajstić information content (AvgIpc) is 3.10. The molecule has 6 amide bonds. The molecule has 4 N–H and O–H groups in total. The number of hydrogen-bond donors (Lipinski definition) is 2. The lowest BCUT2D eigenvalue weighted by Gasteiger charge is -2.42. The van der Waals surface area contributed by atoms with Crippen LogP contribution in [0.3, 0.4) is 0 Å². The predicted molar refractivity (Wildman–Crippen MR) is 185 cm³/mol. The Labute approximate surface area is 309 Å². The first kappa shape index (κ1) is 40.9. The number of hydrogen-bond acceptors (Lipinski definition) is 16. The molecule has 2 aliphatic rings. The number of ether oxygens (including phenoxy) is 2. The minimum Gasteiger partial charge on any atom is -0.427 e. The third-order valence-electron chi connectivity index (χ3n) is 8.98. The van der Waals surface area contributed by atoms with E-state index in [-0.39, 0.29) is 34.1 Å². The van der Waals surface area contributed by atoms with Gasteiger partial charge in [0.2, 0.25) is 11.6 Å². The molecule has 54 heavy (non-hydrogen) atoms. The van der Waals surface area contributed by atoms with Gasteiger partial charge in [-0.15, -0.1) is 0 Å². The van der Waals surface area contributed by atoms with Crippen molar-refractivity contribution >= 4 is 58.9 Å². The molecular weight excluding hydrogens is 708 g/mol. The second kappa shape index (κ2) is 17.3. The van der Waals surface area contributed by atoms with Gasteiger partial charge in [0.15, 0.2) is 0 Å². The van der Waals surface area contributed by atoms with Crippen molar-refractivity contribution in [3.63, 3.8) is 0 Å². The molecule has 0 unspecified atom stereocenters. The molecule has 2 aliphatic heterocycles.